The highest BCUT2D eigenvalue weighted by Crippen LogP contribution is 2.28. The molecule has 102 valence electrons. The summed E-state index contributed by atoms with van der Waals surface area (Å²) in [6.07, 6.45) is 3.96. The molecule has 0 spiro atoms. The Kier molecular flexibility index (Phi) is 3.73. The maximum absolute atomic E-state index is 13.0. The molecule has 3 nitrogen and oxygen atoms in total. The normalized spacial score (nSPS) is 30.2. The van der Waals surface area contributed by atoms with Gasteiger partial charge in [0.1, 0.15) is 0 Å². The first-order chi connectivity index (χ1) is 8.39. The zero-order valence-corrected chi connectivity index (χ0v) is 10.9. The second-order valence-electron chi connectivity index (χ2n) is 5.28. The number of alkyl halides is 2. The van der Waals surface area contributed by atoms with Crippen molar-refractivity contribution in [2.24, 2.45) is 5.73 Å². The van der Waals surface area contributed by atoms with Gasteiger partial charge >= 0.3 is 0 Å². The number of allylic oxidation sites excluding steroid dienone is 3. The summed E-state index contributed by atoms with van der Waals surface area (Å²) in [7, 11) is 2.06. The molecule has 2 rings (SSSR count). The van der Waals surface area contributed by atoms with Crippen LogP contribution < -0.4 is 5.73 Å². The number of hydrogen-bond donors (Lipinski definition) is 1. The average molecular weight is 257 g/mol. The topological polar surface area (TPSA) is 32.5 Å². The van der Waals surface area contributed by atoms with Crippen molar-refractivity contribution in [3.05, 3.63) is 23.9 Å². The summed E-state index contributed by atoms with van der Waals surface area (Å²) in [4.78, 5) is 4.39. The Balaban J connectivity index is 2.03. The molecular formula is C13H21F2N3. The van der Waals surface area contributed by atoms with Crippen molar-refractivity contribution in [3.63, 3.8) is 0 Å². The van der Waals surface area contributed by atoms with Crippen molar-refractivity contribution in [2.75, 3.05) is 26.7 Å². The van der Waals surface area contributed by atoms with Crippen molar-refractivity contribution in [1.29, 1.82) is 0 Å². The predicted molar refractivity (Wildman–Crippen MR) is 68.4 cm³/mol. The van der Waals surface area contributed by atoms with Crippen LogP contribution in [-0.4, -0.2) is 54.5 Å². The highest BCUT2D eigenvalue weighted by Gasteiger charge is 2.31. The molecule has 1 fully saturated rings. The molecule has 0 aromatic heterocycles. The lowest BCUT2D eigenvalue weighted by Crippen LogP contribution is -2.57. The molecular weight excluding hydrogens is 236 g/mol. The Morgan fingerprint density at radius 2 is 2.17 bits per heavy atom. The molecule has 0 radical (unpaired) electrons. The fourth-order valence-electron chi connectivity index (χ4n) is 2.52. The molecule has 1 saturated heterocycles. The van der Waals surface area contributed by atoms with Gasteiger partial charge in [-0.2, -0.15) is 0 Å². The Labute approximate surface area is 107 Å². The lowest BCUT2D eigenvalue weighted by atomic mass is 10.0. The van der Waals surface area contributed by atoms with Gasteiger partial charge < -0.3 is 10.6 Å². The molecule has 0 bridgehead atoms. The molecule has 2 unspecified atom stereocenters. The van der Waals surface area contributed by atoms with Crippen LogP contribution in [0.25, 0.3) is 0 Å². The van der Waals surface area contributed by atoms with Gasteiger partial charge in [0, 0.05) is 43.8 Å². The third-order valence-electron chi connectivity index (χ3n) is 3.75. The number of nitrogens with two attached hydrogens (primary N) is 1. The number of likely N-dealkylation sites (N-methyl/N-ethyl adjacent to an activating group) is 1. The number of rotatable bonds is 2. The summed E-state index contributed by atoms with van der Waals surface area (Å²) >= 11 is 0. The average Bonchev–Trinajstić information content (AvgIpc) is 2.30. The largest absolute Gasteiger partial charge is 0.369 e. The monoisotopic (exact) mass is 257 g/mol. The molecule has 2 atom stereocenters. The zero-order chi connectivity index (χ0) is 13.3. The summed E-state index contributed by atoms with van der Waals surface area (Å²) in [5, 5.41) is 0. The summed E-state index contributed by atoms with van der Waals surface area (Å²) in [5.74, 6) is -2.68. The second kappa shape index (κ2) is 4.97. The van der Waals surface area contributed by atoms with Crippen LogP contribution in [0, 0.1) is 0 Å². The highest BCUT2D eigenvalue weighted by molar-refractivity contribution is 5.26. The van der Waals surface area contributed by atoms with E-state index in [2.05, 4.69) is 16.8 Å². The zero-order valence-electron chi connectivity index (χ0n) is 10.9. The summed E-state index contributed by atoms with van der Waals surface area (Å²) in [6.45, 7) is 4.56. The number of nitrogens with zero attached hydrogens (tertiary/aromatic N) is 2. The van der Waals surface area contributed by atoms with Gasteiger partial charge in [0.05, 0.1) is 0 Å². The molecule has 0 saturated carbocycles. The van der Waals surface area contributed by atoms with E-state index in [0.717, 1.165) is 31.4 Å². The third kappa shape index (κ3) is 2.90. The van der Waals surface area contributed by atoms with E-state index >= 15 is 0 Å². The van der Waals surface area contributed by atoms with Gasteiger partial charge in [0.25, 0.3) is 5.92 Å². The minimum atomic E-state index is -2.68. The van der Waals surface area contributed by atoms with Gasteiger partial charge in [-0.05, 0) is 26.1 Å². The van der Waals surface area contributed by atoms with Crippen LogP contribution in [-0.2, 0) is 0 Å². The molecule has 5 heteroatoms. The summed E-state index contributed by atoms with van der Waals surface area (Å²) in [6, 6.07) is 0.350. The first kappa shape index (κ1) is 13.5. The molecule has 1 aliphatic heterocycles. The highest BCUT2D eigenvalue weighted by atomic mass is 19.3. The van der Waals surface area contributed by atoms with Gasteiger partial charge in [-0.15, -0.1) is 0 Å². The van der Waals surface area contributed by atoms with E-state index < -0.39 is 5.92 Å². The smallest absolute Gasteiger partial charge is 0.270 e. The molecule has 0 aromatic carbocycles. The maximum Gasteiger partial charge on any atom is 0.270 e. The van der Waals surface area contributed by atoms with E-state index in [9.17, 15) is 8.78 Å². The van der Waals surface area contributed by atoms with Crippen LogP contribution in [0.2, 0.25) is 0 Å². The van der Waals surface area contributed by atoms with Gasteiger partial charge in [-0.1, -0.05) is 6.08 Å². The fourth-order valence-corrected chi connectivity index (χ4v) is 2.52. The van der Waals surface area contributed by atoms with Crippen LogP contribution in [0.5, 0.6) is 0 Å². The van der Waals surface area contributed by atoms with Crippen LogP contribution in [0.1, 0.15) is 13.3 Å². The van der Waals surface area contributed by atoms with Crippen LogP contribution in [0.4, 0.5) is 8.78 Å². The molecule has 18 heavy (non-hydrogen) atoms. The van der Waals surface area contributed by atoms with Crippen LogP contribution in [0.15, 0.2) is 23.9 Å². The van der Waals surface area contributed by atoms with Crippen molar-refractivity contribution >= 4 is 0 Å². The second-order valence-corrected chi connectivity index (χ2v) is 5.28. The lowest BCUT2D eigenvalue weighted by Gasteiger charge is -2.43. The minimum Gasteiger partial charge on any atom is -0.369 e. The van der Waals surface area contributed by atoms with Gasteiger partial charge in [0.15, 0.2) is 0 Å². The number of hydrogen-bond acceptors (Lipinski definition) is 3. The van der Waals surface area contributed by atoms with Gasteiger partial charge in [-0.25, -0.2) is 8.78 Å². The van der Waals surface area contributed by atoms with E-state index in [0.29, 0.717) is 0 Å². The SMILES string of the molecule is CC(N)C1CN(C2=CCC(F)(F)C=C2)CCN1C. The first-order valence-corrected chi connectivity index (χ1v) is 6.37. The molecule has 1 aliphatic carbocycles. The first-order valence-electron chi connectivity index (χ1n) is 6.37. The molecule has 2 aliphatic rings. The minimum absolute atomic E-state index is 0.0763. The fraction of sp³-hybridized carbons (Fsp3) is 0.692. The Morgan fingerprint density at radius 1 is 1.44 bits per heavy atom. The predicted octanol–water partition coefficient (Wildman–Crippen LogP) is 1.43. The molecule has 0 aromatic rings. The quantitative estimate of drug-likeness (QED) is 0.812. The molecule has 1 heterocycles. The van der Waals surface area contributed by atoms with E-state index in [1.165, 1.54) is 6.08 Å². The third-order valence-corrected chi connectivity index (χ3v) is 3.75. The van der Waals surface area contributed by atoms with Crippen LogP contribution >= 0.6 is 0 Å². The molecule has 0 amide bonds. The van der Waals surface area contributed by atoms with Crippen molar-refractivity contribution in [2.45, 2.75) is 31.4 Å². The standard InChI is InChI=1S/C13H21F2N3/c1-10(16)12-9-18(8-7-17(12)2)11-3-5-13(14,15)6-4-11/h3-5,10,12H,6-9,16H2,1-2H3. The van der Waals surface area contributed by atoms with E-state index in [1.807, 2.05) is 6.92 Å². The summed E-state index contributed by atoms with van der Waals surface area (Å²) < 4.78 is 26.1. The van der Waals surface area contributed by atoms with E-state index in [4.69, 9.17) is 5.73 Å². The Morgan fingerprint density at radius 3 is 2.72 bits per heavy atom. The van der Waals surface area contributed by atoms with Crippen molar-refractivity contribution < 1.29 is 8.78 Å². The lowest BCUT2D eigenvalue weighted by molar-refractivity contribution is 0.0541. The van der Waals surface area contributed by atoms with Gasteiger partial charge in [-0.3, -0.25) is 4.90 Å². The summed E-state index contributed by atoms with van der Waals surface area (Å²) in [5.41, 5.74) is 6.87. The van der Waals surface area contributed by atoms with Crippen molar-refractivity contribution in [1.82, 2.24) is 9.80 Å². The molecule has 2 N–H and O–H groups in total. The number of halogens is 2. The number of piperazine rings is 1. The van der Waals surface area contributed by atoms with Crippen LogP contribution in [0.3, 0.4) is 0 Å². The van der Waals surface area contributed by atoms with Gasteiger partial charge in [0.2, 0.25) is 0 Å². The Bertz CT molecular complexity index is 363. The van der Waals surface area contributed by atoms with Crippen molar-refractivity contribution in [3.8, 4) is 0 Å². The Hall–Kier alpha value is -0.940. The maximum atomic E-state index is 13.0. The van der Waals surface area contributed by atoms with E-state index in [-0.39, 0.29) is 18.5 Å². The van der Waals surface area contributed by atoms with E-state index in [1.54, 1.807) is 6.08 Å².